The van der Waals surface area contributed by atoms with Gasteiger partial charge in [-0.1, -0.05) is 12.1 Å². The van der Waals surface area contributed by atoms with Gasteiger partial charge in [0, 0.05) is 5.56 Å². The van der Waals surface area contributed by atoms with Crippen LogP contribution in [0.4, 0.5) is 9.18 Å². The maximum absolute atomic E-state index is 13.2. The van der Waals surface area contributed by atoms with Gasteiger partial charge >= 0.3 is 12.1 Å². The van der Waals surface area contributed by atoms with Gasteiger partial charge in [0.2, 0.25) is 0 Å². The summed E-state index contributed by atoms with van der Waals surface area (Å²) >= 11 is 0. The Kier molecular flexibility index (Phi) is 4.15. The van der Waals surface area contributed by atoms with Crippen LogP contribution in [-0.2, 0) is 9.53 Å². The molecule has 1 aliphatic rings. The molecule has 23 heavy (non-hydrogen) atoms. The number of ether oxygens (including phenoxy) is 1. The molecule has 0 heterocycles. The van der Waals surface area contributed by atoms with Crippen LogP contribution in [0.3, 0.4) is 0 Å². The zero-order valence-corrected chi connectivity index (χ0v) is 13.1. The molecule has 0 bridgehead atoms. The molecule has 124 valence electrons. The van der Waals surface area contributed by atoms with E-state index in [1.165, 1.54) is 18.2 Å². The van der Waals surface area contributed by atoms with E-state index in [2.05, 4.69) is 5.32 Å². The molecule has 2 rings (SSSR count). The zero-order valence-electron chi connectivity index (χ0n) is 13.1. The summed E-state index contributed by atoms with van der Waals surface area (Å²) in [5.74, 6) is -3.38. The molecule has 1 aromatic carbocycles. The molecule has 1 amide bonds. The number of halogens is 1. The molecule has 6 nitrogen and oxygen atoms in total. The predicted molar refractivity (Wildman–Crippen MR) is 78.6 cm³/mol. The predicted octanol–water partition coefficient (Wildman–Crippen LogP) is 2.38. The van der Waals surface area contributed by atoms with Crippen molar-refractivity contribution in [2.24, 2.45) is 5.92 Å². The molecule has 0 aromatic heterocycles. The smallest absolute Gasteiger partial charge is 0.408 e. The third kappa shape index (κ3) is 3.67. The molecule has 1 aliphatic carbocycles. The number of nitrogens with one attached hydrogen (secondary N) is 1. The second kappa shape index (κ2) is 5.64. The lowest BCUT2D eigenvalue weighted by Crippen LogP contribution is -2.47. The van der Waals surface area contributed by atoms with Crippen molar-refractivity contribution >= 4 is 17.8 Å². The van der Waals surface area contributed by atoms with Crippen LogP contribution in [0.1, 0.15) is 37.6 Å². The second-order valence-electron chi connectivity index (χ2n) is 6.53. The Morgan fingerprint density at radius 3 is 2.52 bits per heavy atom. The number of hydrogen-bond donors (Lipinski definition) is 2. The van der Waals surface area contributed by atoms with Gasteiger partial charge in [-0.15, -0.1) is 0 Å². The number of alkyl carbamates (subject to hydrolysis) is 1. The molecule has 2 atom stereocenters. The SMILES string of the molecule is CC(C)(C)OC(=O)NC1(C(=O)O)CC1C(=O)c1cccc(F)c1. The number of ketones is 1. The standard InChI is InChI=1S/C16H18FNO5/c1-15(2,3)23-14(22)18-16(13(20)21)8-11(16)12(19)9-5-4-6-10(17)7-9/h4-7,11H,8H2,1-3H3,(H,18,22)(H,20,21). The monoisotopic (exact) mass is 323 g/mol. The molecule has 0 saturated heterocycles. The number of carboxylic acids is 1. The van der Waals surface area contributed by atoms with E-state index in [1.807, 2.05) is 0 Å². The van der Waals surface area contributed by atoms with Crippen molar-refractivity contribution in [2.75, 3.05) is 0 Å². The third-order valence-electron chi connectivity index (χ3n) is 3.49. The lowest BCUT2D eigenvalue weighted by Gasteiger charge is -2.22. The van der Waals surface area contributed by atoms with Crippen LogP contribution in [0.2, 0.25) is 0 Å². The van der Waals surface area contributed by atoms with Gasteiger partial charge in [0.1, 0.15) is 11.4 Å². The number of hydrogen-bond acceptors (Lipinski definition) is 4. The summed E-state index contributed by atoms with van der Waals surface area (Å²) in [7, 11) is 0. The molecule has 7 heteroatoms. The van der Waals surface area contributed by atoms with E-state index in [0.29, 0.717) is 0 Å². The van der Waals surface area contributed by atoms with Crippen molar-refractivity contribution in [3.05, 3.63) is 35.6 Å². The summed E-state index contributed by atoms with van der Waals surface area (Å²) < 4.78 is 18.2. The lowest BCUT2D eigenvalue weighted by molar-refractivity contribution is -0.141. The van der Waals surface area contributed by atoms with E-state index in [9.17, 15) is 23.9 Å². The van der Waals surface area contributed by atoms with Gasteiger partial charge in [0.15, 0.2) is 11.3 Å². The summed E-state index contributed by atoms with van der Waals surface area (Å²) in [6.45, 7) is 4.92. The first-order valence-corrected chi connectivity index (χ1v) is 7.09. The van der Waals surface area contributed by atoms with Gasteiger partial charge < -0.3 is 15.2 Å². The first kappa shape index (κ1) is 16.9. The van der Waals surface area contributed by atoms with Crippen molar-refractivity contribution in [1.82, 2.24) is 5.32 Å². The van der Waals surface area contributed by atoms with Gasteiger partial charge in [-0.05, 0) is 39.3 Å². The van der Waals surface area contributed by atoms with Gasteiger partial charge in [-0.2, -0.15) is 0 Å². The Morgan fingerprint density at radius 2 is 2.00 bits per heavy atom. The summed E-state index contributed by atoms with van der Waals surface area (Å²) in [5, 5.41) is 11.6. The molecular weight excluding hydrogens is 305 g/mol. The fraction of sp³-hybridized carbons (Fsp3) is 0.438. The number of carbonyl (C=O) groups excluding carboxylic acids is 2. The van der Waals surface area contributed by atoms with Crippen LogP contribution in [0, 0.1) is 11.7 Å². The Morgan fingerprint density at radius 1 is 1.35 bits per heavy atom. The summed E-state index contributed by atoms with van der Waals surface area (Å²) in [6.07, 6.45) is -0.967. The van der Waals surface area contributed by atoms with Gasteiger partial charge in [-0.3, -0.25) is 4.79 Å². The van der Waals surface area contributed by atoms with Crippen LogP contribution in [0.5, 0.6) is 0 Å². The van der Waals surface area contributed by atoms with E-state index in [4.69, 9.17) is 4.74 Å². The highest BCUT2D eigenvalue weighted by atomic mass is 19.1. The van der Waals surface area contributed by atoms with Crippen LogP contribution >= 0.6 is 0 Å². The Hall–Kier alpha value is -2.44. The highest BCUT2D eigenvalue weighted by molar-refractivity contribution is 6.07. The van der Waals surface area contributed by atoms with E-state index in [1.54, 1.807) is 20.8 Å². The quantitative estimate of drug-likeness (QED) is 0.830. The lowest BCUT2D eigenvalue weighted by atomic mass is 10.0. The molecule has 0 aliphatic heterocycles. The van der Waals surface area contributed by atoms with E-state index >= 15 is 0 Å². The maximum Gasteiger partial charge on any atom is 0.408 e. The molecule has 0 radical (unpaired) electrons. The molecule has 1 saturated carbocycles. The minimum atomic E-state index is -1.70. The van der Waals surface area contributed by atoms with Crippen LogP contribution < -0.4 is 5.32 Å². The average molecular weight is 323 g/mol. The molecule has 2 unspecified atom stereocenters. The Bertz CT molecular complexity index is 667. The minimum Gasteiger partial charge on any atom is -0.479 e. The Balaban J connectivity index is 2.15. The minimum absolute atomic E-state index is 0.0586. The van der Waals surface area contributed by atoms with Crippen LogP contribution in [0.15, 0.2) is 24.3 Å². The highest BCUT2D eigenvalue weighted by Crippen LogP contribution is 2.46. The average Bonchev–Trinajstić information content (AvgIpc) is 3.11. The molecule has 0 spiro atoms. The van der Waals surface area contributed by atoms with Crippen LogP contribution in [0.25, 0.3) is 0 Å². The maximum atomic E-state index is 13.2. The van der Waals surface area contributed by atoms with Crippen molar-refractivity contribution in [3.8, 4) is 0 Å². The highest BCUT2D eigenvalue weighted by Gasteiger charge is 2.65. The first-order valence-electron chi connectivity index (χ1n) is 7.09. The van der Waals surface area contributed by atoms with Crippen molar-refractivity contribution < 1.29 is 28.6 Å². The first-order chi connectivity index (χ1) is 10.5. The van der Waals surface area contributed by atoms with Gasteiger partial charge in [0.25, 0.3) is 0 Å². The summed E-state index contributed by atoms with van der Waals surface area (Å²) in [5.41, 5.74) is -2.42. The fourth-order valence-corrected chi connectivity index (χ4v) is 2.34. The second-order valence-corrected chi connectivity index (χ2v) is 6.53. The summed E-state index contributed by atoms with van der Waals surface area (Å²) in [6, 6.07) is 5.01. The molecule has 2 N–H and O–H groups in total. The van der Waals surface area contributed by atoms with E-state index < -0.39 is 40.7 Å². The number of carboxylic acid groups (broad SMARTS) is 1. The zero-order chi connectivity index (χ0) is 17.4. The molecule has 1 fully saturated rings. The van der Waals surface area contributed by atoms with Crippen molar-refractivity contribution in [2.45, 2.75) is 38.3 Å². The number of benzene rings is 1. The molecular formula is C16H18FNO5. The van der Waals surface area contributed by atoms with Gasteiger partial charge in [-0.25, -0.2) is 14.0 Å². The van der Waals surface area contributed by atoms with E-state index in [-0.39, 0.29) is 12.0 Å². The fourth-order valence-electron chi connectivity index (χ4n) is 2.34. The number of Topliss-reactive ketones (excluding diaryl/α,β-unsaturated/α-hetero) is 1. The number of aliphatic carboxylic acids is 1. The molecule has 1 aromatic rings. The van der Waals surface area contributed by atoms with E-state index in [0.717, 1.165) is 6.07 Å². The Labute approximate surface area is 132 Å². The van der Waals surface area contributed by atoms with Crippen molar-refractivity contribution in [3.63, 3.8) is 0 Å². The topological polar surface area (TPSA) is 92.7 Å². The van der Waals surface area contributed by atoms with Gasteiger partial charge in [0.05, 0.1) is 5.92 Å². The number of rotatable bonds is 4. The number of amides is 1. The normalized spacial score (nSPS) is 23.0. The largest absolute Gasteiger partial charge is 0.479 e. The van der Waals surface area contributed by atoms with Crippen LogP contribution in [-0.4, -0.2) is 34.1 Å². The number of carbonyl (C=O) groups is 3. The van der Waals surface area contributed by atoms with Crippen molar-refractivity contribution in [1.29, 1.82) is 0 Å². The third-order valence-corrected chi connectivity index (χ3v) is 3.49. The summed E-state index contributed by atoms with van der Waals surface area (Å²) in [4.78, 5) is 35.6.